The molecule has 0 atom stereocenters. The molecular formula is C14H16N4O3. The third-order valence-electron chi connectivity index (χ3n) is 2.86. The van der Waals surface area contributed by atoms with E-state index in [-0.39, 0.29) is 12.5 Å². The number of hydrogen-bond donors (Lipinski definition) is 3. The summed E-state index contributed by atoms with van der Waals surface area (Å²) in [6.45, 7) is 3.54. The fourth-order valence-corrected chi connectivity index (χ4v) is 1.89. The van der Waals surface area contributed by atoms with Crippen LogP contribution >= 0.6 is 0 Å². The van der Waals surface area contributed by atoms with Gasteiger partial charge in [-0.2, -0.15) is 0 Å². The zero-order valence-electron chi connectivity index (χ0n) is 11.8. The highest BCUT2D eigenvalue weighted by Crippen LogP contribution is 2.19. The van der Waals surface area contributed by atoms with Gasteiger partial charge in [0.25, 0.3) is 5.91 Å². The molecule has 1 aromatic carbocycles. The van der Waals surface area contributed by atoms with Crippen molar-refractivity contribution in [2.75, 3.05) is 17.2 Å². The van der Waals surface area contributed by atoms with E-state index in [4.69, 9.17) is 10.3 Å². The van der Waals surface area contributed by atoms with Gasteiger partial charge < -0.3 is 20.9 Å². The minimum atomic E-state index is -0.547. The van der Waals surface area contributed by atoms with Gasteiger partial charge in [-0.05, 0) is 25.5 Å². The molecule has 1 aromatic heterocycles. The van der Waals surface area contributed by atoms with Crippen LogP contribution < -0.4 is 16.4 Å². The van der Waals surface area contributed by atoms with E-state index >= 15 is 0 Å². The van der Waals surface area contributed by atoms with Crippen LogP contribution in [0.25, 0.3) is 0 Å². The molecule has 21 heavy (non-hydrogen) atoms. The molecule has 7 nitrogen and oxygen atoms in total. The zero-order chi connectivity index (χ0) is 15.4. The Morgan fingerprint density at radius 3 is 2.71 bits per heavy atom. The van der Waals surface area contributed by atoms with E-state index in [9.17, 15) is 9.59 Å². The topological polar surface area (TPSA) is 110 Å². The predicted molar refractivity (Wildman–Crippen MR) is 78.1 cm³/mol. The van der Waals surface area contributed by atoms with Crippen molar-refractivity contribution < 1.29 is 14.1 Å². The Morgan fingerprint density at radius 2 is 2.10 bits per heavy atom. The van der Waals surface area contributed by atoms with E-state index in [1.54, 1.807) is 25.1 Å². The second-order valence-electron chi connectivity index (χ2n) is 4.59. The van der Waals surface area contributed by atoms with Crippen LogP contribution in [0.1, 0.15) is 21.7 Å². The fourth-order valence-electron chi connectivity index (χ4n) is 1.89. The van der Waals surface area contributed by atoms with Crippen LogP contribution in [0.5, 0.6) is 0 Å². The van der Waals surface area contributed by atoms with Gasteiger partial charge in [-0.15, -0.1) is 0 Å². The lowest BCUT2D eigenvalue weighted by molar-refractivity contribution is -0.114. The SMILES string of the molecule is Cc1cc(NC(=O)CNc2c(C)cccc2C(N)=O)no1. The Kier molecular flexibility index (Phi) is 4.22. The summed E-state index contributed by atoms with van der Waals surface area (Å²) in [6, 6.07) is 6.78. The van der Waals surface area contributed by atoms with Gasteiger partial charge in [0.15, 0.2) is 5.82 Å². The molecular weight excluding hydrogens is 272 g/mol. The number of nitrogens with zero attached hydrogens (tertiary/aromatic N) is 1. The number of primary amides is 1. The lowest BCUT2D eigenvalue weighted by Crippen LogP contribution is -2.24. The maximum Gasteiger partial charge on any atom is 0.250 e. The molecule has 4 N–H and O–H groups in total. The number of hydrogen-bond acceptors (Lipinski definition) is 5. The number of aromatic nitrogens is 1. The molecule has 0 fully saturated rings. The number of benzene rings is 1. The first-order chi connectivity index (χ1) is 9.97. The highest BCUT2D eigenvalue weighted by Gasteiger charge is 2.12. The minimum Gasteiger partial charge on any atom is -0.375 e. The van der Waals surface area contributed by atoms with Crippen LogP contribution in [0.2, 0.25) is 0 Å². The van der Waals surface area contributed by atoms with Gasteiger partial charge in [0.2, 0.25) is 5.91 Å². The van der Waals surface area contributed by atoms with Crippen LogP contribution in [0.3, 0.4) is 0 Å². The standard InChI is InChI=1S/C14H16N4O3/c1-8-4-3-5-10(14(15)20)13(8)16-7-12(19)17-11-6-9(2)21-18-11/h3-6,16H,7H2,1-2H3,(H2,15,20)(H,17,18,19). The first-order valence-corrected chi connectivity index (χ1v) is 6.34. The van der Waals surface area contributed by atoms with Crippen LogP contribution in [0.4, 0.5) is 11.5 Å². The van der Waals surface area contributed by atoms with Crippen molar-refractivity contribution in [2.45, 2.75) is 13.8 Å². The molecule has 0 radical (unpaired) electrons. The molecule has 0 aliphatic heterocycles. The van der Waals surface area contributed by atoms with Crippen molar-refractivity contribution >= 4 is 23.3 Å². The number of aryl methyl sites for hydroxylation is 2. The number of amides is 2. The third kappa shape index (κ3) is 3.59. The Labute approximate surface area is 121 Å². The molecule has 7 heteroatoms. The van der Waals surface area contributed by atoms with E-state index in [2.05, 4.69) is 15.8 Å². The van der Waals surface area contributed by atoms with Crippen molar-refractivity contribution in [3.63, 3.8) is 0 Å². The lowest BCUT2D eigenvalue weighted by Gasteiger charge is -2.12. The monoisotopic (exact) mass is 288 g/mol. The summed E-state index contributed by atoms with van der Waals surface area (Å²) in [6.07, 6.45) is 0. The second-order valence-corrected chi connectivity index (χ2v) is 4.59. The maximum atomic E-state index is 11.8. The first-order valence-electron chi connectivity index (χ1n) is 6.34. The zero-order valence-corrected chi connectivity index (χ0v) is 11.8. The third-order valence-corrected chi connectivity index (χ3v) is 2.86. The lowest BCUT2D eigenvalue weighted by atomic mass is 10.1. The predicted octanol–water partition coefficient (Wildman–Crippen LogP) is 1.44. The largest absolute Gasteiger partial charge is 0.375 e. The summed E-state index contributed by atoms with van der Waals surface area (Å²) in [5.74, 6) is 0.100. The van der Waals surface area contributed by atoms with Gasteiger partial charge in [0, 0.05) is 6.07 Å². The molecule has 2 aromatic rings. The quantitative estimate of drug-likeness (QED) is 0.771. The molecule has 0 aliphatic carbocycles. The van der Waals surface area contributed by atoms with Crippen molar-refractivity contribution in [3.05, 3.63) is 41.2 Å². The molecule has 0 saturated heterocycles. The summed E-state index contributed by atoms with van der Waals surface area (Å²) in [5, 5.41) is 9.16. The minimum absolute atomic E-state index is 0.0168. The second kappa shape index (κ2) is 6.08. The average molecular weight is 288 g/mol. The number of para-hydroxylation sites is 1. The van der Waals surface area contributed by atoms with Gasteiger partial charge in [-0.1, -0.05) is 17.3 Å². The van der Waals surface area contributed by atoms with Crippen LogP contribution in [-0.2, 0) is 4.79 Å². The Balaban J connectivity index is 2.03. The number of anilines is 2. The van der Waals surface area contributed by atoms with Gasteiger partial charge in [-0.3, -0.25) is 9.59 Å². The normalized spacial score (nSPS) is 10.2. The average Bonchev–Trinajstić information content (AvgIpc) is 2.82. The molecule has 0 aliphatic rings. The van der Waals surface area contributed by atoms with E-state index in [1.807, 2.05) is 13.0 Å². The number of nitrogens with two attached hydrogens (primary N) is 1. The maximum absolute atomic E-state index is 11.8. The van der Waals surface area contributed by atoms with Crippen molar-refractivity contribution in [1.29, 1.82) is 0 Å². The summed E-state index contributed by atoms with van der Waals surface area (Å²) in [4.78, 5) is 23.2. The number of carbonyl (C=O) groups excluding carboxylic acids is 2. The molecule has 1 heterocycles. The Bertz CT molecular complexity index is 679. The summed E-state index contributed by atoms with van der Waals surface area (Å²) < 4.78 is 4.85. The van der Waals surface area contributed by atoms with E-state index in [0.717, 1.165) is 5.56 Å². The molecule has 2 rings (SSSR count). The summed E-state index contributed by atoms with van der Waals surface area (Å²) >= 11 is 0. The first kappa shape index (κ1) is 14.6. The van der Waals surface area contributed by atoms with Crippen LogP contribution in [0.15, 0.2) is 28.8 Å². The molecule has 110 valence electrons. The van der Waals surface area contributed by atoms with Gasteiger partial charge >= 0.3 is 0 Å². The van der Waals surface area contributed by atoms with Gasteiger partial charge in [0.1, 0.15) is 5.76 Å². The van der Waals surface area contributed by atoms with Crippen molar-refractivity contribution in [2.24, 2.45) is 5.73 Å². The van der Waals surface area contributed by atoms with E-state index in [0.29, 0.717) is 22.8 Å². The van der Waals surface area contributed by atoms with Crippen LogP contribution in [0, 0.1) is 13.8 Å². The summed E-state index contributed by atoms with van der Waals surface area (Å²) in [5.41, 5.74) is 7.04. The summed E-state index contributed by atoms with van der Waals surface area (Å²) in [7, 11) is 0. The molecule has 0 saturated carbocycles. The highest BCUT2D eigenvalue weighted by molar-refractivity contribution is 6.00. The van der Waals surface area contributed by atoms with Gasteiger partial charge in [0.05, 0.1) is 17.8 Å². The molecule has 0 unspecified atom stereocenters. The van der Waals surface area contributed by atoms with Gasteiger partial charge in [-0.25, -0.2) is 0 Å². The van der Waals surface area contributed by atoms with E-state index < -0.39 is 5.91 Å². The Hall–Kier alpha value is -2.83. The molecule has 0 bridgehead atoms. The van der Waals surface area contributed by atoms with Crippen molar-refractivity contribution in [3.8, 4) is 0 Å². The molecule has 2 amide bonds. The highest BCUT2D eigenvalue weighted by atomic mass is 16.5. The smallest absolute Gasteiger partial charge is 0.250 e. The fraction of sp³-hybridized carbons (Fsp3) is 0.214. The van der Waals surface area contributed by atoms with E-state index in [1.165, 1.54) is 0 Å². The van der Waals surface area contributed by atoms with Crippen molar-refractivity contribution in [1.82, 2.24) is 5.16 Å². The number of carbonyl (C=O) groups is 2. The Morgan fingerprint density at radius 1 is 1.33 bits per heavy atom. The molecule has 0 spiro atoms. The number of rotatable bonds is 5. The number of nitrogens with one attached hydrogen (secondary N) is 2. The van der Waals surface area contributed by atoms with Crippen LogP contribution in [-0.4, -0.2) is 23.5 Å².